The van der Waals surface area contributed by atoms with Crippen molar-refractivity contribution in [3.63, 3.8) is 0 Å². The molecule has 2 unspecified atom stereocenters. The van der Waals surface area contributed by atoms with Gasteiger partial charge in [-0.05, 0) is 25.9 Å². The van der Waals surface area contributed by atoms with Gasteiger partial charge < -0.3 is 5.32 Å². The van der Waals surface area contributed by atoms with E-state index in [0.717, 1.165) is 12.0 Å². The van der Waals surface area contributed by atoms with Gasteiger partial charge in [0.2, 0.25) is 0 Å². The van der Waals surface area contributed by atoms with E-state index >= 15 is 0 Å². The molecular weight excluding hydrogens is 112 g/mol. The summed E-state index contributed by atoms with van der Waals surface area (Å²) in [5.74, 6) is 0.912. The Morgan fingerprint density at radius 1 is 1.56 bits per heavy atom. The van der Waals surface area contributed by atoms with Crippen molar-refractivity contribution in [1.82, 2.24) is 10.2 Å². The molecule has 1 radical (unpaired) electrons. The Balaban J connectivity index is 2.07. The summed E-state index contributed by atoms with van der Waals surface area (Å²) in [6.45, 7) is 4.74. The molecule has 0 bridgehead atoms. The minimum Gasteiger partial charge on any atom is -0.315 e. The maximum atomic E-state index is 3.39. The Bertz CT molecular complexity index is 113. The van der Waals surface area contributed by atoms with Crippen LogP contribution in [0.2, 0.25) is 0 Å². The second kappa shape index (κ2) is 1.96. The summed E-state index contributed by atoms with van der Waals surface area (Å²) in [5.41, 5.74) is 0. The molecule has 2 heterocycles. The molecule has 2 aliphatic rings. The van der Waals surface area contributed by atoms with E-state index < -0.39 is 0 Å². The van der Waals surface area contributed by atoms with E-state index in [9.17, 15) is 0 Å². The van der Waals surface area contributed by atoms with Crippen molar-refractivity contribution in [2.45, 2.75) is 12.5 Å². The van der Waals surface area contributed by atoms with Crippen LogP contribution in [-0.2, 0) is 0 Å². The van der Waals surface area contributed by atoms with Crippen molar-refractivity contribution in [1.29, 1.82) is 0 Å². The van der Waals surface area contributed by atoms with Crippen molar-refractivity contribution in [2.24, 2.45) is 5.92 Å². The molecule has 0 aliphatic carbocycles. The smallest absolute Gasteiger partial charge is 0.0262 e. The summed E-state index contributed by atoms with van der Waals surface area (Å²) in [6.07, 6.45) is 1.29. The molecule has 0 aromatic carbocycles. The van der Waals surface area contributed by atoms with E-state index in [-0.39, 0.29) is 0 Å². The fourth-order valence-corrected chi connectivity index (χ4v) is 1.87. The van der Waals surface area contributed by atoms with Crippen molar-refractivity contribution >= 4 is 0 Å². The zero-order valence-electron chi connectivity index (χ0n) is 5.80. The predicted molar refractivity (Wildman–Crippen MR) is 36.8 cm³/mol. The highest BCUT2D eigenvalue weighted by Crippen LogP contribution is 2.27. The fraction of sp³-hybridized carbons (Fsp3) is 0.857. The normalized spacial score (nSPS) is 43.7. The minimum absolute atomic E-state index is 0.810. The molecule has 2 rings (SSSR count). The highest BCUT2D eigenvalue weighted by molar-refractivity contribution is 4.97. The molecule has 9 heavy (non-hydrogen) atoms. The third kappa shape index (κ3) is 0.775. The Hall–Kier alpha value is -0.0800. The van der Waals surface area contributed by atoms with Gasteiger partial charge in [0.25, 0.3) is 0 Å². The lowest BCUT2D eigenvalue weighted by Gasteiger charge is -2.15. The zero-order chi connectivity index (χ0) is 6.27. The van der Waals surface area contributed by atoms with E-state index in [2.05, 4.69) is 23.8 Å². The van der Waals surface area contributed by atoms with Gasteiger partial charge in [0.1, 0.15) is 0 Å². The predicted octanol–water partition coefficient (Wildman–Crippen LogP) is 0.0717. The molecule has 2 nitrogen and oxygen atoms in total. The number of nitrogens with zero attached hydrogens (tertiary/aromatic N) is 1. The lowest BCUT2D eigenvalue weighted by molar-refractivity contribution is 0.339. The van der Waals surface area contributed by atoms with Gasteiger partial charge in [0, 0.05) is 19.1 Å². The van der Waals surface area contributed by atoms with E-state index in [4.69, 9.17) is 0 Å². The third-order valence-electron chi connectivity index (χ3n) is 2.52. The van der Waals surface area contributed by atoms with Gasteiger partial charge in [0.05, 0.1) is 0 Å². The van der Waals surface area contributed by atoms with Gasteiger partial charge >= 0.3 is 0 Å². The van der Waals surface area contributed by atoms with Gasteiger partial charge in [-0.2, -0.15) is 0 Å². The van der Waals surface area contributed by atoms with E-state index in [1.165, 1.54) is 19.5 Å². The average molecular weight is 125 g/mol. The number of hydrogen-bond donors (Lipinski definition) is 1. The molecule has 2 heteroatoms. The van der Waals surface area contributed by atoms with Crippen LogP contribution in [0.5, 0.6) is 0 Å². The highest BCUT2D eigenvalue weighted by Gasteiger charge is 2.35. The molecule has 51 valence electrons. The zero-order valence-corrected chi connectivity index (χ0v) is 5.80. The minimum atomic E-state index is 0.810. The summed E-state index contributed by atoms with van der Waals surface area (Å²) < 4.78 is 0. The monoisotopic (exact) mass is 125 g/mol. The Morgan fingerprint density at radius 3 is 3.22 bits per heavy atom. The van der Waals surface area contributed by atoms with Gasteiger partial charge in [-0.25, -0.2) is 0 Å². The second-order valence-corrected chi connectivity index (χ2v) is 3.07. The third-order valence-corrected chi connectivity index (χ3v) is 2.52. The molecule has 2 saturated heterocycles. The number of hydrogen-bond acceptors (Lipinski definition) is 2. The number of fused-ring (bicyclic) bond motifs is 1. The molecule has 2 fully saturated rings. The number of likely N-dealkylation sites (tertiary alicyclic amines) is 1. The Labute approximate surface area is 56.2 Å². The van der Waals surface area contributed by atoms with Crippen LogP contribution in [0.3, 0.4) is 0 Å². The van der Waals surface area contributed by atoms with E-state index in [1.54, 1.807) is 0 Å². The van der Waals surface area contributed by atoms with Crippen LogP contribution in [0.1, 0.15) is 6.42 Å². The van der Waals surface area contributed by atoms with E-state index in [0.29, 0.717) is 0 Å². The first kappa shape index (κ1) is 5.69. The Kier molecular flexibility index (Phi) is 1.24. The summed E-state index contributed by atoms with van der Waals surface area (Å²) >= 11 is 0. The summed E-state index contributed by atoms with van der Waals surface area (Å²) in [4.78, 5) is 2.35. The van der Waals surface area contributed by atoms with Crippen LogP contribution in [0.15, 0.2) is 0 Å². The molecule has 0 amide bonds. The lowest BCUT2D eigenvalue weighted by atomic mass is 10.1. The largest absolute Gasteiger partial charge is 0.315 e. The first-order valence-electron chi connectivity index (χ1n) is 3.64. The van der Waals surface area contributed by atoms with Crippen LogP contribution in [-0.4, -0.2) is 31.1 Å². The molecule has 2 atom stereocenters. The molecule has 0 saturated carbocycles. The van der Waals surface area contributed by atoms with Crippen LogP contribution in [0.25, 0.3) is 0 Å². The first-order chi connectivity index (χ1) is 4.38. The fourth-order valence-electron chi connectivity index (χ4n) is 1.87. The lowest BCUT2D eigenvalue weighted by Crippen LogP contribution is -2.28. The second-order valence-electron chi connectivity index (χ2n) is 3.07. The molecular formula is C7H13N2. The molecule has 0 aromatic heterocycles. The van der Waals surface area contributed by atoms with Crippen LogP contribution in [0.4, 0.5) is 0 Å². The topological polar surface area (TPSA) is 15.3 Å². The molecule has 0 spiro atoms. The van der Waals surface area contributed by atoms with Crippen LogP contribution >= 0.6 is 0 Å². The van der Waals surface area contributed by atoms with Crippen molar-refractivity contribution in [2.75, 3.05) is 20.1 Å². The molecule has 2 aliphatic heterocycles. The van der Waals surface area contributed by atoms with Gasteiger partial charge in [-0.15, -0.1) is 0 Å². The van der Waals surface area contributed by atoms with Crippen LogP contribution < -0.4 is 5.32 Å². The summed E-state index contributed by atoms with van der Waals surface area (Å²) in [7, 11) is 2.18. The standard InChI is InChI=1S/C7H13N2/c1-9-3-2-6-4-8-5-7(6)9/h3,6-8H,2,4-5H2,1H3. The highest BCUT2D eigenvalue weighted by atomic mass is 15.2. The first-order valence-corrected chi connectivity index (χ1v) is 3.64. The van der Waals surface area contributed by atoms with Crippen molar-refractivity contribution in [3.05, 3.63) is 6.54 Å². The van der Waals surface area contributed by atoms with E-state index in [1.807, 2.05) is 0 Å². The summed E-state index contributed by atoms with van der Waals surface area (Å²) in [5, 5.41) is 3.39. The maximum absolute atomic E-state index is 3.39. The Morgan fingerprint density at radius 2 is 2.44 bits per heavy atom. The number of nitrogens with one attached hydrogen (secondary N) is 1. The van der Waals surface area contributed by atoms with Gasteiger partial charge in [-0.1, -0.05) is 0 Å². The summed E-state index contributed by atoms with van der Waals surface area (Å²) in [6, 6.07) is 0.810. The molecule has 1 N–H and O–H groups in total. The SMILES string of the molecule is CN1[CH]CC2CNCC21. The van der Waals surface area contributed by atoms with Gasteiger partial charge in [0.15, 0.2) is 0 Å². The number of likely N-dealkylation sites (N-methyl/N-ethyl adjacent to an activating group) is 1. The van der Waals surface area contributed by atoms with Gasteiger partial charge in [-0.3, -0.25) is 4.90 Å². The average Bonchev–Trinajstić information content (AvgIpc) is 2.35. The van der Waals surface area contributed by atoms with Crippen molar-refractivity contribution < 1.29 is 0 Å². The van der Waals surface area contributed by atoms with Crippen LogP contribution in [0, 0.1) is 12.5 Å². The quantitative estimate of drug-likeness (QED) is 0.493. The van der Waals surface area contributed by atoms with Crippen molar-refractivity contribution in [3.8, 4) is 0 Å². The maximum Gasteiger partial charge on any atom is 0.0262 e. The number of rotatable bonds is 0. The molecule has 0 aromatic rings.